The molecular formula is C19H18ClN3O2. The average molecular weight is 356 g/mol. The smallest absolute Gasteiger partial charge is 0.261 e. The molecule has 0 saturated carbocycles. The van der Waals surface area contributed by atoms with Crippen LogP contribution in [-0.2, 0) is 17.9 Å². The summed E-state index contributed by atoms with van der Waals surface area (Å²) in [6.45, 7) is 0.777. The van der Waals surface area contributed by atoms with E-state index in [0.29, 0.717) is 29.0 Å². The minimum atomic E-state index is -0.129. The van der Waals surface area contributed by atoms with Gasteiger partial charge in [0.25, 0.3) is 5.56 Å². The topological polar surface area (TPSA) is 55.2 Å². The Bertz CT molecular complexity index is 968. The second-order valence-corrected chi connectivity index (χ2v) is 6.33. The zero-order valence-electron chi connectivity index (χ0n) is 13.9. The molecule has 25 heavy (non-hydrogen) atoms. The SMILES string of the molecule is CN(Cc1cccc(Cl)c1)C(=O)CCn1cnc2ccccc2c1=O. The van der Waals surface area contributed by atoms with Crippen molar-refractivity contribution >= 4 is 28.4 Å². The third-order valence-electron chi connectivity index (χ3n) is 4.03. The van der Waals surface area contributed by atoms with Crippen molar-refractivity contribution in [1.29, 1.82) is 0 Å². The normalized spacial score (nSPS) is 10.8. The van der Waals surface area contributed by atoms with Gasteiger partial charge in [-0.25, -0.2) is 4.98 Å². The van der Waals surface area contributed by atoms with Crippen molar-refractivity contribution in [2.24, 2.45) is 0 Å². The third kappa shape index (κ3) is 4.06. The van der Waals surface area contributed by atoms with Gasteiger partial charge in [0.2, 0.25) is 5.91 Å². The van der Waals surface area contributed by atoms with Crippen molar-refractivity contribution in [1.82, 2.24) is 14.5 Å². The number of halogens is 1. The Morgan fingerprint density at radius 2 is 2.00 bits per heavy atom. The number of carbonyl (C=O) groups is 1. The Morgan fingerprint density at radius 3 is 2.80 bits per heavy atom. The number of aromatic nitrogens is 2. The molecule has 0 aliphatic carbocycles. The van der Waals surface area contributed by atoms with Gasteiger partial charge in [-0.3, -0.25) is 14.2 Å². The van der Waals surface area contributed by atoms with E-state index in [-0.39, 0.29) is 17.9 Å². The fraction of sp³-hybridized carbons (Fsp3) is 0.211. The van der Waals surface area contributed by atoms with E-state index in [2.05, 4.69) is 4.98 Å². The standard InChI is InChI=1S/C19H18ClN3O2/c1-22(12-14-5-4-6-15(20)11-14)18(24)9-10-23-13-21-17-8-3-2-7-16(17)19(23)25/h2-8,11,13H,9-10,12H2,1H3. The van der Waals surface area contributed by atoms with Crippen molar-refractivity contribution in [3.05, 3.63) is 75.8 Å². The zero-order chi connectivity index (χ0) is 17.8. The van der Waals surface area contributed by atoms with Gasteiger partial charge in [0.15, 0.2) is 0 Å². The minimum absolute atomic E-state index is 0.0416. The molecule has 1 aromatic heterocycles. The van der Waals surface area contributed by atoms with E-state index in [4.69, 9.17) is 11.6 Å². The Balaban J connectivity index is 1.66. The number of hydrogen-bond acceptors (Lipinski definition) is 3. The number of hydrogen-bond donors (Lipinski definition) is 0. The van der Waals surface area contributed by atoms with E-state index in [0.717, 1.165) is 5.56 Å². The van der Waals surface area contributed by atoms with Gasteiger partial charge in [-0.2, -0.15) is 0 Å². The lowest BCUT2D eigenvalue weighted by molar-refractivity contribution is -0.130. The summed E-state index contributed by atoms with van der Waals surface area (Å²) in [6, 6.07) is 14.6. The van der Waals surface area contributed by atoms with Gasteiger partial charge in [-0.05, 0) is 29.8 Å². The molecule has 0 unspecified atom stereocenters. The fourth-order valence-corrected chi connectivity index (χ4v) is 2.88. The Kier molecular flexibility index (Phi) is 5.14. The van der Waals surface area contributed by atoms with Crippen molar-refractivity contribution in [3.8, 4) is 0 Å². The molecule has 0 radical (unpaired) electrons. The summed E-state index contributed by atoms with van der Waals surface area (Å²) in [5.74, 6) is -0.0416. The van der Waals surface area contributed by atoms with Crippen LogP contribution < -0.4 is 5.56 Å². The molecule has 0 N–H and O–H groups in total. The van der Waals surface area contributed by atoms with E-state index in [1.807, 2.05) is 24.3 Å². The number of aryl methyl sites for hydroxylation is 1. The Hall–Kier alpha value is -2.66. The molecule has 0 fully saturated rings. The van der Waals surface area contributed by atoms with Gasteiger partial charge in [0.1, 0.15) is 0 Å². The summed E-state index contributed by atoms with van der Waals surface area (Å²) in [5, 5.41) is 1.21. The fourth-order valence-electron chi connectivity index (χ4n) is 2.67. The molecule has 0 atom stereocenters. The van der Waals surface area contributed by atoms with E-state index in [1.165, 1.54) is 10.9 Å². The van der Waals surface area contributed by atoms with Crippen LogP contribution in [0.25, 0.3) is 10.9 Å². The van der Waals surface area contributed by atoms with Crippen LogP contribution in [0.4, 0.5) is 0 Å². The van der Waals surface area contributed by atoms with Crippen LogP contribution in [-0.4, -0.2) is 27.4 Å². The van der Waals surface area contributed by atoms with Gasteiger partial charge in [0, 0.05) is 31.6 Å². The monoisotopic (exact) mass is 355 g/mol. The van der Waals surface area contributed by atoms with Crippen molar-refractivity contribution < 1.29 is 4.79 Å². The first-order valence-corrected chi connectivity index (χ1v) is 8.35. The second-order valence-electron chi connectivity index (χ2n) is 5.89. The largest absolute Gasteiger partial charge is 0.341 e. The number of rotatable bonds is 5. The first-order chi connectivity index (χ1) is 12.0. The summed E-state index contributed by atoms with van der Waals surface area (Å²) in [6.07, 6.45) is 1.73. The van der Waals surface area contributed by atoms with E-state index >= 15 is 0 Å². The van der Waals surface area contributed by atoms with Crippen LogP contribution in [0.3, 0.4) is 0 Å². The lowest BCUT2D eigenvalue weighted by Crippen LogP contribution is -2.29. The summed E-state index contributed by atoms with van der Waals surface area (Å²) in [5.41, 5.74) is 1.50. The van der Waals surface area contributed by atoms with E-state index < -0.39 is 0 Å². The highest BCUT2D eigenvalue weighted by Crippen LogP contribution is 2.12. The first-order valence-electron chi connectivity index (χ1n) is 7.97. The van der Waals surface area contributed by atoms with Gasteiger partial charge in [-0.15, -0.1) is 0 Å². The summed E-state index contributed by atoms with van der Waals surface area (Å²) >= 11 is 5.97. The minimum Gasteiger partial charge on any atom is -0.341 e. The highest BCUT2D eigenvalue weighted by molar-refractivity contribution is 6.30. The zero-order valence-corrected chi connectivity index (χ0v) is 14.6. The highest BCUT2D eigenvalue weighted by Gasteiger charge is 2.11. The number of fused-ring (bicyclic) bond motifs is 1. The maximum absolute atomic E-state index is 12.4. The van der Waals surface area contributed by atoms with Crippen LogP contribution in [0.15, 0.2) is 59.7 Å². The van der Waals surface area contributed by atoms with E-state index in [9.17, 15) is 9.59 Å². The molecule has 1 heterocycles. The van der Waals surface area contributed by atoms with Crippen molar-refractivity contribution in [2.45, 2.75) is 19.5 Å². The number of benzene rings is 2. The number of amides is 1. The molecule has 0 bridgehead atoms. The summed E-state index contributed by atoms with van der Waals surface area (Å²) in [4.78, 5) is 30.7. The lowest BCUT2D eigenvalue weighted by atomic mass is 10.2. The number of carbonyl (C=O) groups excluding carboxylic acids is 1. The van der Waals surface area contributed by atoms with Crippen molar-refractivity contribution in [3.63, 3.8) is 0 Å². The maximum atomic E-state index is 12.4. The molecule has 0 aliphatic heterocycles. The van der Waals surface area contributed by atoms with Crippen LogP contribution in [0.5, 0.6) is 0 Å². The molecule has 3 aromatic rings. The number of nitrogens with zero attached hydrogens (tertiary/aromatic N) is 3. The third-order valence-corrected chi connectivity index (χ3v) is 4.27. The number of para-hydroxylation sites is 1. The average Bonchev–Trinajstić information content (AvgIpc) is 2.61. The molecule has 0 aliphatic rings. The van der Waals surface area contributed by atoms with E-state index in [1.54, 1.807) is 36.2 Å². The predicted octanol–water partition coefficient (Wildman–Crippen LogP) is 3.10. The highest BCUT2D eigenvalue weighted by atomic mass is 35.5. The molecule has 0 saturated heterocycles. The quantitative estimate of drug-likeness (QED) is 0.706. The van der Waals surface area contributed by atoms with Gasteiger partial charge < -0.3 is 4.90 Å². The summed E-state index contributed by atoms with van der Waals surface area (Å²) in [7, 11) is 1.74. The molecule has 1 amide bonds. The molecule has 5 nitrogen and oxygen atoms in total. The maximum Gasteiger partial charge on any atom is 0.261 e. The first kappa shape index (κ1) is 17.2. The molecule has 6 heteroatoms. The van der Waals surface area contributed by atoms with Crippen LogP contribution in [0, 0.1) is 0 Å². The lowest BCUT2D eigenvalue weighted by Gasteiger charge is -2.17. The Morgan fingerprint density at radius 1 is 1.20 bits per heavy atom. The molecule has 128 valence electrons. The van der Waals surface area contributed by atoms with Crippen LogP contribution in [0.2, 0.25) is 5.02 Å². The van der Waals surface area contributed by atoms with Gasteiger partial charge in [0.05, 0.1) is 17.2 Å². The Labute approximate surface area is 150 Å². The predicted molar refractivity (Wildman–Crippen MR) is 98.5 cm³/mol. The molecule has 3 rings (SSSR count). The van der Waals surface area contributed by atoms with Gasteiger partial charge >= 0.3 is 0 Å². The molecular weight excluding hydrogens is 338 g/mol. The molecule has 2 aromatic carbocycles. The van der Waals surface area contributed by atoms with Crippen molar-refractivity contribution in [2.75, 3.05) is 7.05 Å². The van der Waals surface area contributed by atoms with Gasteiger partial charge in [-0.1, -0.05) is 35.9 Å². The van der Waals surface area contributed by atoms with Crippen LogP contribution in [0.1, 0.15) is 12.0 Å². The molecule has 0 spiro atoms. The summed E-state index contributed by atoms with van der Waals surface area (Å²) < 4.78 is 1.48. The van der Waals surface area contributed by atoms with Crippen LogP contribution >= 0.6 is 11.6 Å². The second kappa shape index (κ2) is 7.49.